The number of rotatable bonds is 7. The van der Waals surface area contributed by atoms with Crippen LogP contribution in [-0.4, -0.2) is 46.4 Å². The molecule has 3 aromatic rings. The van der Waals surface area contributed by atoms with Gasteiger partial charge in [0.2, 0.25) is 0 Å². The van der Waals surface area contributed by atoms with Crippen molar-refractivity contribution in [3.8, 4) is 0 Å². The van der Waals surface area contributed by atoms with Crippen molar-refractivity contribution in [1.29, 1.82) is 0 Å². The molecule has 3 heterocycles. The van der Waals surface area contributed by atoms with Crippen LogP contribution in [0.15, 0.2) is 36.5 Å². The fraction of sp³-hybridized carbons (Fsp3) is 0.500. The number of benzene rings is 1. The second kappa shape index (κ2) is 10.6. The number of nitrogens with two attached hydrogens (primary N) is 1. The molecular formula is C28H38ClN5O. The zero-order valence-corrected chi connectivity index (χ0v) is 22.2. The standard InChI is InChI=1S/C28H38ClN5O/c1-5-22-18-34-25(30)24(29)16-23(26(34)32-22)27(35)31-17-20-11-14-33(15-12-20)13-10-19-6-8-21(9-7-19)28(2,3)4/h6-9,16,18,20H,5,10-15,17,30H2,1-4H3,(H,31,35). The van der Waals surface area contributed by atoms with E-state index in [0.29, 0.717) is 34.5 Å². The molecule has 35 heavy (non-hydrogen) atoms. The summed E-state index contributed by atoms with van der Waals surface area (Å²) in [5.74, 6) is 0.738. The first-order chi connectivity index (χ1) is 16.7. The molecule has 3 N–H and O–H groups in total. The second-order valence-corrected chi connectivity index (χ2v) is 11.2. The van der Waals surface area contributed by atoms with Gasteiger partial charge in [-0.3, -0.25) is 9.20 Å². The van der Waals surface area contributed by atoms with Crippen LogP contribution in [0.4, 0.5) is 5.82 Å². The van der Waals surface area contributed by atoms with E-state index in [0.717, 1.165) is 51.0 Å². The number of nitrogens with one attached hydrogen (secondary N) is 1. The summed E-state index contributed by atoms with van der Waals surface area (Å²) in [6.07, 6.45) is 5.86. The third-order valence-electron chi connectivity index (χ3n) is 7.17. The molecule has 0 spiro atoms. The van der Waals surface area contributed by atoms with Gasteiger partial charge in [0.05, 0.1) is 16.3 Å². The number of likely N-dealkylation sites (tertiary alicyclic amines) is 1. The van der Waals surface area contributed by atoms with Crippen LogP contribution in [0.3, 0.4) is 0 Å². The summed E-state index contributed by atoms with van der Waals surface area (Å²) in [6.45, 7) is 12.6. The van der Waals surface area contributed by atoms with Gasteiger partial charge in [-0.25, -0.2) is 4.98 Å². The molecule has 188 valence electrons. The van der Waals surface area contributed by atoms with Crippen molar-refractivity contribution < 1.29 is 4.79 Å². The minimum absolute atomic E-state index is 0.147. The van der Waals surface area contributed by atoms with E-state index >= 15 is 0 Å². The molecule has 1 amide bonds. The molecule has 0 aliphatic carbocycles. The molecule has 7 heteroatoms. The number of aromatic nitrogens is 2. The SMILES string of the molecule is CCc1cn2c(N)c(Cl)cc(C(=O)NCC3CCN(CCc4ccc(C(C)(C)C)cc4)CC3)c2n1. The lowest BCUT2D eigenvalue weighted by Crippen LogP contribution is -2.39. The van der Waals surface area contributed by atoms with Crippen LogP contribution in [0.25, 0.3) is 5.65 Å². The van der Waals surface area contributed by atoms with Crippen molar-refractivity contribution in [2.75, 3.05) is 31.9 Å². The normalized spacial score (nSPS) is 15.6. The molecule has 1 saturated heterocycles. The Morgan fingerprint density at radius 3 is 2.51 bits per heavy atom. The number of imidazole rings is 1. The number of nitrogens with zero attached hydrogens (tertiary/aromatic N) is 3. The van der Waals surface area contributed by atoms with Gasteiger partial charge in [-0.15, -0.1) is 0 Å². The predicted molar refractivity (Wildman–Crippen MR) is 144 cm³/mol. The summed E-state index contributed by atoms with van der Waals surface area (Å²) in [5, 5.41) is 3.48. The molecule has 4 rings (SSSR count). The van der Waals surface area contributed by atoms with Crippen molar-refractivity contribution in [2.24, 2.45) is 5.92 Å². The van der Waals surface area contributed by atoms with Crippen LogP contribution >= 0.6 is 11.6 Å². The molecule has 0 bridgehead atoms. The van der Waals surface area contributed by atoms with Gasteiger partial charge in [0, 0.05) is 19.3 Å². The van der Waals surface area contributed by atoms with E-state index in [9.17, 15) is 4.79 Å². The Balaban J connectivity index is 1.26. The molecular weight excluding hydrogens is 458 g/mol. The maximum Gasteiger partial charge on any atom is 0.255 e. The molecule has 2 aromatic heterocycles. The minimum atomic E-state index is -0.147. The number of carbonyl (C=O) groups excluding carboxylic acids is 1. The van der Waals surface area contributed by atoms with E-state index in [1.54, 1.807) is 10.5 Å². The average Bonchev–Trinajstić information content (AvgIpc) is 3.29. The lowest BCUT2D eigenvalue weighted by atomic mass is 9.86. The van der Waals surface area contributed by atoms with Gasteiger partial charge in [-0.05, 0) is 67.3 Å². The number of hydrogen-bond acceptors (Lipinski definition) is 4. The Morgan fingerprint density at radius 1 is 1.20 bits per heavy atom. The first-order valence-corrected chi connectivity index (χ1v) is 13.1. The maximum atomic E-state index is 13.0. The number of anilines is 1. The zero-order chi connectivity index (χ0) is 25.2. The van der Waals surface area contributed by atoms with Gasteiger partial charge in [0.1, 0.15) is 5.82 Å². The first kappa shape index (κ1) is 25.5. The Labute approximate surface area is 213 Å². The molecule has 1 aliphatic heterocycles. The van der Waals surface area contributed by atoms with Gasteiger partial charge < -0.3 is 16.0 Å². The van der Waals surface area contributed by atoms with E-state index in [4.69, 9.17) is 17.3 Å². The number of piperidine rings is 1. The van der Waals surface area contributed by atoms with Gasteiger partial charge in [0.25, 0.3) is 5.91 Å². The third-order valence-corrected chi connectivity index (χ3v) is 7.48. The molecule has 0 radical (unpaired) electrons. The zero-order valence-electron chi connectivity index (χ0n) is 21.4. The Morgan fingerprint density at radius 2 is 1.89 bits per heavy atom. The lowest BCUT2D eigenvalue weighted by molar-refractivity contribution is 0.0937. The number of aryl methyl sites for hydroxylation is 1. The van der Waals surface area contributed by atoms with Crippen LogP contribution in [0.5, 0.6) is 0 Å². The van der Waals surface area contributed by atoms with Gasteiger partial charge in [-0.1, -0.05) is 63.6 Å². The summed E-state index contributed by atoms with van der Waals surface area (Å²) in [6, 6.07) is 10.7. The fourth-order valence-electron chi connectivity index (χ4n) is 4.73. The predicted octanol–water partition coefficient (Wildman–Crippen LogP) is 5.11. The van der Waals surface area contributed by atoms with Gasteiger partial charge >= 0.3 is 0 Å². The highest BCUT2D eigenvalue weighted by Gasteiger charge is 2.22. The summed E-state index contributed by atoms with van der Waals surface area (Å²) in [7, 11) is 0. The maximum absolute atomic E-state index is 13.0. The number of hydrogen-bond donors (Lipinski definition) is 2. The monoisotopic (exact) mass is 495 g/mol. The molecule has 1 aromatic carbocycles. The van der Waals surface area contributed by atoms with Gasteiger partial charge in [0.15, 0.2) is 5.65 Å². The lowest BCUT2D eigenvalue weighted by Gasteiger charge is -2.32. The number of amides is 1. The second-order valence-electron chi connectivity index (χ2n) is 10.8. The van der Waals surface area contributed by atoms with Crippen molar-refractivity contribution in [1.82, 2.24) is 19.6 Å². The van der Waals surface area contributed by atoms with Crippen molar-refractivity contribution in [3.05, 3.63) is 63.9 Å². The largest absolute Gasteiger partial charge is 0.384 e. The van der Waals surface area contributed by atoms with E-state index in [2.05, 4.69) is 60.2 Å². The Kier molecular flexibility index (Phi) is 7.72. The average molecular weight is 496 g/mol. The summed E-state index contributed by atoms with van der Waals surface area (Å²) < 4.78 is 1.71. The van der Waals surface area contributed by atoms with Crippen LogP contribution < -0.4 is 11.1 Å². The highest BCUT2D eigenvalue weighted by atomic mass is 35.5. The molecule has 0 atom stereocenters. The fourth-order valence-corrected chi connectivity index (χ4v) is 4.93. The highest BCUT2D eigenvalue weighted by molar-refractivity contribution is 6.33. The van der Waals surface area contributed by atoms with E-state index in [1.807, 2.05) is 13.1 Å². The molecule has 1 aliphatic rings. The molecule has 0 unspecified atom stereocenters. The number of pyridine rings is 1. The first-order valence-electron chi connectivity index (χ1n) is 12.7. The van der Waals surface area contributed by atoms with Crippen molar-refractivity contribution in [3.63, 3.8) is 0 Å². The summed E-state index contributed by atoms with van der Waals surface area (Å²) in [5.41, 5.74) is 11.0. The number of fused-ring (bicyclic) bond motifs is 1. The van der Waals surface area contributed by atoms with E-state index in [1.165, 1.54) is 11.1 Å². The Bertz CT molecular complexity index is 1170. The van der Waals surface area contributed by atoms with E-state index in [-0.39, 0.29) is 11.3 Å². The number of carbonyl (C=O) groups is 1. The molecule has 0 saturated carbocycles. The Hall–Kier alpha value is -2.57. The summed E-state index contributed by atoms with van der Waals surface area (Å²) >= 11 is 6.30. The number of nitrogen functional groups attached to an aromatic ring is 1. The quantitative estimate of drug-likeness (QED) is 0.477. The highest BCUT2D eigenvalue weighted by Crippen LogP contribution is 2.26. The van der Waals surface area contributed by atoms with Crippen molar-refractivity contribution >= 4 is 29.0 Å². The summed E-state index contributed by atoms with van der Waals surface area (Å²) in [4.78, 5) is 20.1. The third kappa shape index (κ3) is 5.99. The molecule has 6 nitrogen and oxygen atoms in total. The van der Waals surface area contributed by atoms with Crippen LogP contribution in [0.1, 0.15) is 67.7 Å². The van der Waals surface area contributed by atoms with E-state index < -0.39 is 0 Å². The smallest absolute Gasteiger partial charge is 0.255 e. The van der Waals surface area contributed by atoms with Crippen LogP contribution in [-0.2, 0) is 18.3 Å². The van der Waals surface area contributed by atoms with Crippen LogP contribution in [0, 0.1) is 5.92 Å². The topological polar surface area (TPSA) is 75.7 Å². The minimum Gasteiger partial charge on any atom is -0.384 e. The molecule has 1 fully saturated rings. The van der Waals surface area contributed by atoms with Crippen LogP contribution in [0.2, 0.25) is 5.02 Å². The van der Waals surface area contributed by atoms with Gasteiger partial charge in [-0.2, -0.15) is 0 Å². The number of halogens is 1. The van der Waals surface area contributed by atoms with Crippen molar-refractivity contribution in [2.45, 2.75) is 58.8 Å².